The minimum absolute atomic E-state index is 0.117. The Labute approximate surface area is 185 Å². The van der Waals surface area contributed by atoms with Crippen LogP contribution in [0.3, 0.4) is 0 Å². The maximum atomic E-state index is 15.5. The number of carbonyl (C=O) groups excluding carboxylic acids is 1. The molecule has 2 aromatic carbocycles. The lowest BCUT2D eigenvalue weighted by molar-refractivity contribution is 0.0718. The number of amides is 2. The second kappa shape index (κ2) is 9.38. The Morgan fingerprint density at radius 2 is 2.00 bits per heavy atom. The van der Waals surface area contributed by atoms with Crippen molar-refractivity contribution in [2.45, 2.75) is 32.0 Å². The third-order valence-electron chi connectivity index (χ3n) is 5.70. The number of halogens is 2. The molecule has 168 valence electrons. The first-order valence-corrected chi connectivity index (χ1v) is 10.6. The maximum Gasteiger partial charge on any atom is 0.321 e. The molecule has 4 rings (SSSR count). The maximum absolute atomic E-state index is 15.5. The zero-order valence-corrected chi connectivity index (χ0v) is 17.9. The van der Waals surface area contributed by atoms with Gasteiger partial charge in [0.25, 0.3) is 0 Å². The summed E-state index contributed by atoms with van der Waals surface area (Å²) in [6, 6.07) is 11.2. The number of nitrogens with zero attached hydrogens (tertiary/aromatic N) is 3. The summed E-state index contributed by atoms with van der Waals surface area (Å²) in [5.41, 5.74) is -0.0626. The highest BCUT2D eigenvalue weighted by molar-refractivity contribution is 5.91. The molecule has 1 saturated heterocycles. The van der Waals surface area contributed by atoms with E-state index in [9.17, 15) is 9.18 Å². The number of imidazole rings is 1. The summed E-state index contributed by atoms with van der Waals surface area (Å²) in [7, 11) is 0. The molecule has 0 atom stereocenters. The smallest absolute Gasteiger partial charge is 0.321 e. The molecule has 0 bridgehead atoms. The average molecular weight is 440 g/mol. The lowest BCUT2D eigenvalue weighted by Crippen LogP contribution is -2.45. The standard InChI is InChI=1S/C24H26F2N4O2/c1-18-14-19(16-20(25)15-18)24(26)6-9-30(10-7-24)23(31)28-21-4-2-3-5-22(21)32-13-12-29-11-8-27-17-29/h2-5,8,11,14-17H,6-7,9-10,12-13H2,1H3,(H,28,31). The molecule has 0 saturated carbocycles. The fraction of sp³-hybridized carbons (Fsp3) is 0.333. The van der Waals surface area contributed by atoms with Crippen LogP contribution in [-0.4, -0.2) is 40.2 Å². The number of carbonyl (C=O) groups is 1. The van der Waals surface area contributed by atoms with Crippen LogP contribution in [0.1, 0.15) is 24.0 Å². The van der Waals surface area contributed by atoms with Crippen molar-refractivity contribution in [2.75, 3.05) is 25.0 Å². The normalized spacial score (nSPS) is 15.4. The lowest BCUT2D eigenvalue weighted by atomic mass is 9.85. The van der Waals surface area contributed by atoms with E-state index >= 15 is 4.39 Å². The van der Waals surface area contributed by atoms with Crippen LogP contribution in [-0.2, 0) is 12.2 Å². The number of rotatable bonds is 6. The van der Waals surface area contributed by atoms with E-state index in [4.69, 9.17) is 4.74 Å². The number of ether oxygens (including phenoxy) is 1. The largest absolute Gasteiger partial charge is 0.490 e. The molecule has 1 fully saturated rings. The van der Waals surface area contributed by atoms with Crippen LogP contribution in [0.15, 0.2) is 61.2 Å². The molecule has 2 heterocycles. The molecule has 2 amide bonds. The minimum Gasteiger partial charge on any atom is -0.490 e. The monoisotopic (exact) mass is 440 g/mol. The SMILES string of the molecule is Cc1cc(F)cc(C2(F)CCN(C(=O)Nc3ccccc3OCCn3ccnc3)CC2)c1. The van der Waals surface area contributed by atoms with Gasteiger partial charge in [-0.05, 0) is 42.3 Å². The fourth-order valence-corrected chi connectivity index (χ4v) is 3.92. The van der Waals surface area contributed by atoms with E-state index in [-0.39, 0.29) is 32.0 Å². The fourth-order valence-electron chi connectivity index (χ4n) is 3.92. The number of hydrogen-bond acceptors (Lipinski definition) is 3. The highest BCUT2D eigenvalue weighted by atomic mass is 19.1. The first kappa shape index (κ1) is 21.8. The van der Waals surface area contributed by atoms with Gasteiger partial charge in [0, 0.05) is 38.3 Å². The van der Waals surface area contributed by atoms with Crippen LogP contribution in [0, 0.1) is 12.7 Å². The van der Waals surface area contributed by atoms with E-state index in [1.165, 1.54) is 12.1 Å². The second-order valence-corrected chi connectivity index (χ2v) is 8.04. The number of alkyl halides is 1. The highest BCUT2D eigenvalue weighted by Gasteiger charge is 2.38. The number of para-hydroxylation sites is 2. The molecule has 0 spiro atoms. The van der Waals surface area contributed by atoms with Gasteiger partial charge >= 0.3 is 6.03 Å². The lowest BCUT2D eigenvalue weighted by Gasteiger charge is -2.36. The van der Waals surface area contributed by atoms with E-state index < -0.39 is 11.5 Å². The number of aryl methyl sites for hydroxylation is 1. The van der Waals surface area contributed by atoms with Crippen LogP contribution in [0.25, 0.3) is 0 Å². The van der Waals surface area contributed by atoms with Crippen molar-refractivity contribution in [3.63, 3.8) is 0 Å². The number of benzene rings is 2. The molecule has 1 aliphatic rings. The Kier molecular flexibility index (Phi) is 6.39. The quantitative estimate of drug-likeness (QED) is 0.593. The van der Waals surface area contributed by atoms with Gasteiger partial charge in [-0.1, -0.05) is 18.2 Å². The van der Waals surface area contributed by atoms with Gasteiger partial charge in [-0.25, -0.2) is 18.6 Å². The Morgan fingerprint density at radius 1 is 1.22 bits per heavy atom. The van der Waals surface area contributed by atoms with E-state index in [2.05, 4.69) is 10.3 Å². The van der Waals surface area contributed by atoms with Crippen LogP contribution in [0.4, 0.5) is 19.3 Å². The van der Waals surface area contributed by atoms with Gasteiger partial charge in [-0.2, -0.15) is 0 Å². The number of nitrogens with one attached hydrogen (secondary N) is 1. The topological polar surface area (TPSA) is 59.4 Å². The van der Waals surface area contributed by atoms with Crippen LogP contribution < -0.4 is 10.1 Å². The molecule has 0 aliphatic carbocycles. The summed E-state index contributed by atoms with van der Waals surface area (Å²) >= 11 is 0. The van der Waals surface area contributed by atoms with E-state index in [0.717, 1.165) is 0 Å². The molecule has 1 aromatic heterocycles. The molecular formula is C24H26F2N4O2. The Bertz CT molecular complexity index is 1040. The summed E-state index contributed by atoms with van der Waals surface area (Å²) < 4.78 is 37.0. The van der Waals surface area contributed by atoms with Gasteiger partial charge in [0.2, 0.25) is 0 Å². The summed E-state index contributed by atoms with van der Waals surface area (Å²) in [6.45, 7) is 3.27. The third-order valence-corrected chi connectivity index (χ3v) is 5.70. The molecule has 6 nitrogen and oxygen atoms in total. The molecule has 1 aliphatic heterocycles. The summed E-state index contributed by atoms with van der Waals surface area (Å²) in [5, 5.41) is 2.87. The van der Waals surface area contributed by atoms with E-state index in [1.54, 1.807) is 42.5 Å². The van der Waals surface area contributed by atoms with Gasteiger partial charge in [0.1, 0.15) is 23.8 Å². The first-order chi connectivity index (χ1) is 15.4. The number of piperidine rings is 1. The predicted octanol–water partition coefficient (Wildman–Crippen LogP) is 4.90. The Morgan fingerprint density at radius 3 is 2.72 bits per heavy atom. The first-order valence-electron chi connectivity index (χ1n) is 10.6. The Hall–Kier alpha value is -3.42. The number of urea groups is 1. The number of aromatic nitrogens is 2. The van der Waals surface area contributed by atoms with Crippen LogP contribution in [0.2, 0.25) is 0 Å². The zero-order chi connectivity index (χ0) is 22.6. The van der Waals surface area contributed by atoms with Gasteiger partial charge in [0.15, 0.2) is 0 Å². The summed E-state index contributed by atoms with van der Waals surface area (Å²) in [4.78, 5) is 18.4. The number of likely N-dealkylation sites (tertiary alicyclic amines) is 1. The average Bonchev–Trinajstić information content (AvgIpc) is 3.28. The molecule has 1 N–H and O–H groups in total. The van der Waals surface area contributed by atoms with Gasteiger partial charge in [-0.15, -0.1) is 0 Å². The number of hydrogen-bond donors (Lipinski definition) is 1. The zero-order valence-electron chi connectivity index (χ0n) is 17.9. The van der Waals surface area contributed by atoms with Gasteiger partial charge in [0.05, 0.1) is 18.6 Å². The van der Waals surface area contributed by atoms with Crippen LogP contribution >= 0.6 is 0 Å². The summed E-state index contributed by atoms with van der Waals surface area (Å²) in [6.07, 6.45) is 5.50. The molecule has 0 radical (unpaired) electrons. The van der Waals surface area contributed by atoms with Crippen molar-refractivity contribution >= 4 is 11.7 Å². The van der Waals surface area contributed by atoms with Crippen molar-refractivity contribution < 1.29 is 18.3 Å². The van der Waals surface area contributed by atoms with Crippen molar-refractivity contribution in [1.82, 2.24) is 14.5 Å². The van der Waals surface area contributed by atoms with Gasteiger partial charge in [-0.3, -0.25) is 0 Å². The van der Waals surface area contributed by atoms with Crippen molar-refractivity contribution in [2.24, 2.45) is 0 Å². The Balaban J connectivity index is 1.35. The molecule has 0 unspecified atom stereocenters. The highest BCUT2D eigenvalue weighted by Crippen LogP contribution is 2.38. The molecule has 3 aromatic rings. The minimum atomic E-state index is -1.64. The third kappa shape index (κ3) is 5.07. The number of anilines is 1. The predicted molar refractivity (Wildman–Crippen MR) is 118 cm³/mol. The molecule has 32 heavy (non-hydrogen) atoms. The van der Waals surface area contributed by atoms with Crippen molar-refractivity contribution in [3.8, 4) is 5.75 Å². The second-order valence-electron chi connectivity index (χ2n) is 8.04. The van der Waals surface area contributed by atoms with Gasteiger partial charge < -0.3 is 19.5 Å². The van der Waals surface area contributed by atoms with Crippen molar-refractivity contribution in [1.29, 1.82) is 0 Å². The van der Waals surface area contributed by atoms with E-state index in [1.807, 2.05) is 22.9 Å². The molecular weight excluding hydrogens is 414 g/mol. The molecule has 8 heteroatoms. The van der Waals surface area contributed by atoms with Crippen LogP contribution in [0.5, 0.6) is 5.75 Å². The van der Waals surface area contributed by atoms with Crippen molar-refractivity contribution in [3.05, 3.63) is 78.1 Å². The van der Waals surface area contributed by atoms with E-state index in [0.29, 0.717) is 35.7 Å². The summed E-state index contributed by atoms with van der Waals surface area (Å²) in [5.74, 6) is 0.120.